The minimum atomic E-state index is -4.95. The van der Waals surface area contributed by atoms with Gasteiger partial charge >= 0.3 is 12.1 Å². The summed E-state index contributed by atoms with van der Waals surface area (Å²) in [5, 5.41) is 3.93. The van der Waals surface area contributed by atoms with Crippen LogP contribution in [0, 0.1) is 13.8 Å². The van der Waals surface area contributed by atoms with Gasteiger partial charge in [0.1, 0.15) is 11.8 Å². The molecule has 0 aliphatic carbocycles. The molecule has 1 atom stereocenters. The highest BCUT2D eigenvalue weighted by Crippen LogP contribution is 2.27. The minimum absolute atomic E-state index is 0.0270. The van der Waals surface area contributed by atoms with Crippen molar-refractivity contribution in [2.24, 2.45) is 0 Å². The predicted molar refractivity (Wildman–Crippen MR) is 88.6 cm³/mol. The maximum absolute atomic E-state index is 12.7. The van der Waals surface area contributed by atoms with E-state index in [1.807, 2.05) is 13.8 Å². The quantitative estimate of drug-likeness (QED) is 0.785. The summed E-state index contributed by atoms with van der Waals surface area (Å²) >= 11 is 0. The maximum Gasteiger partial charge on any atom is 0.471 e. The fourth-order valence-electron chi connectivity index (χ4n) is 3.72. The Labute approximate surface area is 155 Å². The van der Waals surface area contributed by atoms with Crippen molar-refractivity contribution >= 4 is 11.8 Å². The highest BCUT2D eigenvalue weighted by atomic mass is 19.4. The van der Waals surface area contributed by atoms with E-state index >= 15 is 0 Å². The number of alkyl halides is 3. The van der Waals surface area contributed by atoms with Crippen LogP contribution in [0.4, 0.5) is 13.2 Å². The largest absolute Gasteiger partial charge is 0.471 e. The van der Waals surface area contributed by atoms with Crippen molar-refractivity contribution in [3.8, 4) is 0 Å². The van der Waals surface area contributed by atoms with Crippen LogP contribution in [0.15, 0.2) is 4.52 Å². The third-order valence-electron chi connectivity index (χ3n) is 5.29. The van der Waals surface area contributed by atoms with Gasteiger partial charge in [-0.3, -0.25) is 14.5 Å². The van der Waals surface area contributed by atoms with E-state index in [-0.39, 0.29) is 18.9 Å². The zero-order chi connectivity index (χ0) is 19.8. The second-order valence-electron chi connectivity index (χ2n) is 7.06. The fourth-order valence-corrected chi connectivity index (χ4v) is 3.72. The molecule has 0 aromatic carbocycles. The van der Waals surface area contributed by atoms with Crippen LogP contribution in [0.3, 0.4) is 0 Å². The van der Waals surface area contributed by atoms with E-state index in [2.05, 4.69) is 10.1 Å². The van der Waals surface area contributed by atoms with Crippen molar-refractivity contribution in [2.75, 3.05) is 32.7 Å². The Balaban J connectivity index is 1.57. The highest BCUT2D eigenvalue weighted by molar-refractivity contribution is 5.90. The van der Waals surface area contributed by atoms with Gasteiger partial charge in [0.15, 0.2) is 0 Å². The van der Waals surface area contributed by atoms with Gasteiger partial charge in [0.25, 0.3) is 0 Å². The van der Waals surface area contributed by atoms with Gasteiger partial charge in [0.2, 0.25) is 5.91 Å². The standard InChI is InChI=1S/C17H23F3N4O3/c1-11-13(12(2)27-21-11)10-22-6-8-23(9-7-22)15(25)14-4-3-5-24(14)16(26)17(18,19)20/h14H,3-10H2,1-2H3. The number of piperazine rings is 1. The molecule has 0 N–H and O–H groups in total. The van der Waals surface area contributed by atoms with Crippen LogP contribution in [0.5, 0.6) is 0 Å². The van der Waals surface area contributed by atoms with E-state index in [4.69, 9.17) is 4.52 Å². The van der Waals surface area contributed by atoms with E-state index in [0.29, 0.717) is 44.0 Å². The number of aryl methyl sites for hydroxylation is 2. The summed E-state index contributed by atoms with van der Waals surface area (Å²) in [5.41, 5.74) is 1.85. The summed E-state index contributed by atoms with van der Waals surface area (Å²) < 4.78 is 43.4. The lowest BCUT2D eigenvalue weighted by Crippen LogP contribution is -2.55. The van der Waals surface area contributed by atoms with E-state index in [1.54, 1.807) is 4.90 Å². The second kappa shape index (κ2) is 7.49. The Morgan fingerprint density at radius 3 is 2.37 bits per heavy atom. The smallest absolute Gasteiger partial charge is 0.361 e. The third kappa shape index (κ3) is 4.10. The number of nitrogens with zero attached hydrogens (tertiary/aromatic N) is 4. The molecule has 1 unspecified atom stereocenters. The van der Waals surface area contributed by atoms with Crippen LogP contribution in [0.1, 0.15) is 29.9 Å². The third-order valence-corrected chi connectivity index (χ3v) is 5.29. The van der Waals surface area contributed by atoms with Gasteiger partial charge in [-0.2, -0.15) is 13.2 Å². The van der Waals surface area contributed by atoms with Crippen LogP contribution >= 0.6 is 0 Å². The summed E-state index contributed by atoms with van der Waals surface area (Å²) in [7, 11) is 0. The van der Waals surface area contributed by atoms with E-state index in [1.165, 1.54) is 0 Å². The zero-order valence-electron chi connectivity index (χ0n) is 15.4. The van der Waals surface area contributed by atoms with Gasteiger partial charge in [0, 0.05) is 44.8 Å². The molecule has 2 saturated heterocycles. The number of rotatable bonds is 3. The van der Waals surface area contributed by atoms with Crippen LogP contribution in [0.25, 0.3) is 0 Å². The first-order valence-electron chi connectivity index (χ1n) is 8.99. The Morgan fingerprint density at radius 1 is 1.15 bits per heavy atom. The summed E-state index contributed by atoms with van der Waals surface area (Å²) in [4.78, 5) is 28.7. The highest BCUT2D eigenvalue weighted by Gasteiger charge is 2.48. The first-order valence-corrected chi connectivity index (χ1v) is 8.99. The monoisotopic (exact) mass is 388 g/mol. The molecule has 150 valence electrons. The lowest BCUT2D eigenvalue weighted by Gasteiger charge is -2.37. The van der Waals surface area contributed by atoms with Crippen LogP contribution in [-0.4, -0.2) is 76.6 Å². The summed E-state index contributed by atoms with van der Waals surface area (Å²) in [6.45, 7) is 6.41. The van der Waals surface area contributed by atoms with E-state index in [9.17, 15) is 22.8 Å². The average Bonchev–Trinajstić information content (AvgIpc) is 3.22. The average molecular weight is 388 g/mol. The molecule has 2 aliphatic rings. The fraction of sp³-hybridized carbons (Fsp3) is 0.706. The van der Waals surface area contributed by atoms with Crippen molar-refractivity contribution in [3.63, 3.8) is 0 Å². The number of carbonyl (C=O) groups excluding carboxylic acids is 2. The molecule has 2 aliphatic heterocycles. The molecule has 0 bridgehead atoms. The van der Waals surface area contributed by atoms with E-state index in [0.717, 1.165) is 17.0 Å². The zero-order valence-corrected chi connectivity index (χ0v) is 15.4. The van der Waals surface area contributed by atoms with Gasteiger partial charge < -0.3 is 14.3 Å². The molecular formula is C17H23F3N4O3. The second-order valence-corrected chi connectivity index (χ2v) is 7.06. The van der Waals surface area contributed by atoms with Crippen molar-refractivity contribution in [1.29, 1.82) is 0 Å². The van der Waals surface area contributed by atoms with Crippen molar-refractivity contribution in [3.05, 3.63) is 17.0 Å². The molecule has 2 amide bonds. The van der Waals surface area contributed by atoms with Gasteiger partial charge in [0.05, 0.1) is 5.69 Å². The molecule has 0 radical (unpaired) electrons. The number of carbonyl (C=O) groups is 2. The first-order chi connectivity index (χ1) is 12.7. The molecular weight excluding hydrogens is 365 g/mol. The Hall–Kier alpha value is -2.10. The predicted octanol–water partition coefficient (Wildman–Crippen LogP) is 1.49. The molecule has 2 fully saturated rings. The van der Waals surface area contributed by atoms with Gasteiger partial charge in [-0.1, -0.05) is 5.16 Å². The van der Waals surface area contributed by atoms with Crippen LogP contribution in [-0.2, 0) is 16.1 Å². The number of halogens is 3. The SMILES string of the molecule is Cc1noc(C)c1CN1CCN(C(=O)C2CCCN2C(=O)C(F)(F)F)CC1. The van der Waals surface area contributed by atoms with Gasteiger partial charge in [-0.25, -0.2) is 0 Å². The molecule has 7 nitrogen and oxygen atoms in total. The lowest BCUT2D eigenvalue weighted by molar-refractivity contribution is -0.187. The topological polar surface area (TPSA) is 69.9 Å². The summed E-state index contributed by atoms with van der Waals surface area (Å²) in [6, 6.07) is -1.01. The Kier molecular flexibility index (Phi) is 5.45. The number of hydrogen-bond donors (Lipinski definition) is 0. The Bertz CT molecular complexity index is 691. The van der Waals surface area contributed by atoms with Gasteiger partial charge in [-0.05, 0) is 26.7 Å². The number of likely N-dealkylation sites (tertiary alicyclic amines) is 1. The number of amides is 2. The molecule has 1 aromatic heterocycles. The Morgan fingerprint density at radius 2 is 1.81 bits per heavy atom. The van der Waals surface area contributed by atoms with Crippen molar-refractivity contribution in [1.82, 2.24) is 19.9 Å². The summed E-state index contributed by atoms with van der Waals surface area (Å²) in [6.07, 6.45) is -4.26. The van der Waals surface area contributed by atoms with E-state index < -0.39 is 18.1 Å². The molecule has 10 heteroatoms. The lowest BCUT2D eigenvalue weighted by atomic mass is 10.1. The molecule has 0 saturated carbocycles. The molecule has 3 rings (SSSR count). The molecule has 3 heterocycles. The molecule has 1 aromatic rings. The normalized spacial score (nSPS) is 21.7. The van der Waals surface area contributed by atoms with Crippen LogP contribution in [0.2, 0.25) is 0 Å². The first kappa shape index (κ1) is 19.7. The number of aromatic nitrogens is 1. The maximum atomic E-state index is 12.7. The van der Waals surface area contributed by atoms with Gasteiger partial charge in [-0.15, -0.1) is 0 Å². The summed E-state index contributed by atoms with van der Waals surface area (Å²) in [5.74, 6) is -1.55. The van der Waals surface area contributed by atoms with Crippen molar-refractivity contribution < 1.29 is 27.3 Å². The van der Waals surface area contributed by atoms with Crippen LogP contribution < -0.4 is 0 Å². The molecule has 0 spiro atoms. The molecule has 27 heavy (non-hydrogen) atoms. The number of hydrogen-bond acceptors (Lipinski definition) is 5. The van der Waals surface area contributed by atoms with Crippen molar-refractivity contribution in [2.45, 2.75) is 45.5 Å². The minimum Gasteiger partial charge on any atom is -0.361 e.